The maximum Gasteiger partial charge on any atom is 0.343 e. The molecule has 0 spiro atoms. The molecule has 0 radical (unpaired) electrons. The van der Waals surface area contributed by atoms with Crippen molar-refractivity contribution in [3.8, 4) is 23.0 Å². The van der Waals surface area contributed by atoms with Crippen LogP contribution in [-0.4, -0.2) is 56.1 Å². The van der Waals surface area contributed by atoms with Crippen molar-refractivity contribution in [2.45, 2.75) is 31.7 Å². The minimum absolute atomic E-state index is 0.128. The lowest BCUT2D eigenvalue weighted by Gasteiger charge is -2.35. The van der Waals surface area contributed by atoms with Crippen molar-refractivity contribution in [1.82, 2.24) is 10.2 Å². The Hall–Kier alpha value is -4.34. The number of hydrogen-bond donors (Lipinski definition) is 1. The summed E-state index contributed by atoms with van der Waals surface area (Å²) >= 11 is 0. The van der Waals surface area contributed by atoms with Crippen LogP contribution < -0.4 is 24.3 Å². The van der Waals surface area contributed by atoms with Crippen LogP contribution in [0.3, 0.4) is 0 Å². The van der Waals surface area contributed by atoms with Gasteiger partial charge in [0.1, 0.15) is 11.3 Å². The van der Waals surface area contributed by atoms with E-state index in [1.54, 1.807) is 24.3 Å². The van der Waals surface area contributed by atoms with Crippen LogP contribution >= 0.6 is 0 Å². The Morgan fingerprint density at radius 1 is 0.947 bits per heavy atom. The third-order valence-corrected chi connectivity index (χ3v) is 7.49. The van der Waals surface area contributed by atoms with Gasteiger partial charge >= 0.3 is 12.0 Å². The molecular formula is C28H28N2O8. The van der Waals surface area contributed by atoms with Crippen LogP contribution in [0.25, 0.3) is 6.08 Å². The minimum atomic E-state index is -0.787. The summed E-state index contributed by atoms with van der Waals surface area (Å²) in [5.41, 5.74) is 0.277. The topological polar surface area (TPSA) is 120 Å². The summed E-state index contributed by atoms with van der Waals surface area (Å²) < 4.78 is 21.6. The number of nitrogens with zero attached hydrogens (tertiary/aromatic N) is 1. The zero-order chi connectivity index (χ0) is 27.0. The van der Waals surface area contributed by atoms with Crippen molar-refractivity contribution >= 4 is 29.9 Å². The van der Waals surface area contributed by atoms with Crippen LogP contribution in [0.5, 0.6) is 23.0 Å². The summed E-state index contributed by atoms with van der Waals surface area (Å²) in [6.07, 6.45) is 5.18. The van der Waals surface area contributed by atoms with E-state index in [4.69, 9.17) is 18.9 Å². The monoisotopic (exact) mass is 520 g/mol. The number of carbonyl (C=O) groups is 4. The number of amides is 4. The van der Waals surface area contributed by atoms with Crippen molar-refractivity contribution < 1.29 is 38.1 Å². The van der Waals surface area contributed by atoms with Gasteiger partial charge in [-0.05, 0) is 55.4 Å². The number of urea groups is 1. The lowest BCUT2D eigenvalue weighted by atomic mass is 9.93. The molecule has 1 N–H and O–H groups in total. The van der Waals surface area contributed by atoms with Crippen LogP contribution in [0.2, 0.25) is 0 Å². The largest absolute Gasteiger partial charge is 0.493 e. The van der Waals surface area contributed by atoms with E-state index in [1.807, 2.05) is 0 Å². The van der Waals surface area contributed by atoms with E-state index in [0.29, 0.717) is 17.2 Å². The van der Waals surface area contributed by atoms with E-state index < -0.39 is 23.8 Å². The van der Waals surface area contributed by atoms with Crippen molar-refractivity contribution in [3.05, 3.63) is 53.1 Å². The van der Waals surface area contributed by atoms with Gasteiger partial charge in [0.25, 0.3) is 11.8 Å². The number of para-hydroxylation sites is 1. The van der Waals surface area contributed by atoms with E-state index in [1.165, 1.54) is 44.4 Å². The number of esters is 1. The van der Waals surface area contributed by atoms with Gasteiger partial charge in [-0.3, -0.25) is 19.8 Å². The predicted molar refractivity (Wildman–Crippen MR) is 135 cm³/mol. The highest BCUT2D eigenvalue weighted by Crippen LogP contribution is 2.47. The molecule has 4 amide bonds. The normalized spacial score (nSPS) is 23.4. The van der Waals surface area contributed by atoms with Gasteiger partial charge in [0.05, 0.1) is 26.9 Å². The molecule has 3 aliphatic rings. The quantitative estimate of drug-likeness (QED) is 0.255. The van der Waals surface area contributed by atoms with Crippen molar-refractivity contribution in [2.75, 3.05) is 21.3 Å². The fourth-order valence-corrected chi connectivity index (χ4v) is 5.71. The second-order valence-corrected chi connectivity index (χ2v) is 9.58. The minimum Gasteiger partial charge on any atom is -0.493 e. The van der Waals surface area contributed by atoms with E-state index in [0.717, 1.165) is 25.7 Å². The zero-order valence-corrected chi connectivity index (χ0v) is 21.3. The fourth-order valence-electron chi connectivity index (χ4n) is 5.71. The highest BCUT2D eigenvalue weighted by Gasteiger charge is 2.49. The number of fused-ring (bicyclic) bond motifs is 2. The Kier molecular flexibility index (Phi) is 6.79. The number of ether oxygens (including phenoxy) is 4. The van der Waals surface area contributed by atoms with Crippen LogP contribution in [-0.2, 0) is 9.59 Å². The Morgan fingerprint density at radius 3 is 2.26 bits per heavy atom. The molecule has 5 rings (SSSR count). The van der Waals surface area contributed by atoms with E-state index in [2.05, 4.69) is 5.32 Å². The Labute approximate surface area is 219 Å². The maximum absolute atomic E-state index is 13.4. The number of methoxy groups -OCH3 is 3. The van der Waals surface area contributed by atoms with Crippen molar-refractivity contribution in [1.29, 1.82) is 0 Å². The third-order valence-electron chi connectivity index (χ3n) is 7.49. The summed E-state index contributed by atoms with van der Waals surface area (Å²) in [5.74, 6) is -0.355. The summed E-state index contributed by atoms with van der Waals surface area (Å²) in [4.78, 5) is 53.0. The Balaban J connectivity index is 1.43. The number of benzene rings is 2. The molecule has 1 aliphatic heterocycles. The van der Waals surface area contributed by atoms with Gasteiger partial charge in [0, 0.05) is 11.6 Å². The summed E-state index contributed by atoms with van der Waals surface area (Å²) in [6, 6.07) is 8.53. The second-order valence-electron chi connectivity index (χ2n) is 9.58. The molecule has 2 aromatic carbocycles. The molecule has 0 aromatic heterocycles. The third kappa shape index (κ3) is 4.46. The number of imide groups is 2. The standard InChI is InChI=1S/C28H28N2O8/c1-35-22-13-18(14-23(36-2)24(22)37-3)27(33)38-21-7-5-4-6-17(21)12-19-25(31)29-28(34)30(26(19)32)20-11-15-8-9-16(20)10-15/h4-7,12-16,20H,8-11H2,1-3H3,(H,29,31,34)/b19-12-/t15-,16-,20-/m0/s1. The maximum atomic E-state index is 13.4. The fraction of sp³-hybridized carbons (Fsp3) is 0.357. The van der Waals surface area contributed by atoms with Gasteiger partial charge in [0.2, 0.25) is 5.75 Å². The van der Waals surface area contributed by atoms with Gasteiger partial charge < -0.3 is 18.9 Å². The highest BCUT2D eigenvalue weighted by atomic mass is 16.5. The number of nitrogens with one attached hydrogen (secondary N) is 1. The lowest BCUT2D eigenvalue weighted by Crippen LogP contribution is -2.58. The average molecular weight is 521 g/mol. The second kappa shape index (κ2) is 10.2. The first kappa shape index (κ1) is 25.3. The number of hydrogen-bond acceptors (Lipinski definition) is 8. The average Bonchev–Trinajstić information content (AvgIpc) is 3.54. The molecule has 10 nitrogen and oxygen atoms in total. The number of barbiturate groups is 1. The van der Waals surface area contributed by atoms with Crippen molar-refractivity contribution in [3.63, 3.8) is 0 Å². The van der Waals surface area contributed by atoms with Gasteiger partial charge in [-0.2, -0.15) is 0 Å². The lowest BCUT2D eigenvalue weighted by molar-refractivity contribution is -0.132. The van der Waals surface area contributed by atoms with Crippen LogP contribution in [0.4, 0.5) is 4.79 Å². The van der Waals surface area contributed by atoms with E-state index in [9.17, 15) is 19.2 Å². The van der Waals surface area contributed by atoms with Crippen molar-refractivity contribution in [2.24, 2.45) is 11.8 Å². The van der Waals surface area contributed by atoms with Gasteiger partial charge in [0.15, 0.2) is 11.5 Å². The summed E-state index contributed by atoms with van der Waals surface area (Å²) in [5, 5.41) is 2.30. The Bertz CT molecular complexity index is 1330. The molecule has 3 fully saturated rings. The zero-order valence-electron chi connectivity index (χ0n) is 21.3. The van der Waals surface area contributed by atoms with Gasteiger partial charge in [-0.1, -0.05) is 24.6 Å². The number of carbonyl (C=O) groups excluding carboxylic acids is 4. The highest BCUT2D eigenvalue weighted by molar-refractivity contribution is 6.31. The summed E-state index contributed by atoms with van der Waals surface area (Å²) in [7, 11) is 4.33. The molecule has 0 unspecified atom stereocenters. The molecule has 2 saturated carbocycles. The molecule has 2 aliphatic carbocycles. The van der Waals surface area contributed by atoms with E-state index in [-0.39, 0.29) is 40.3 Å². The van der Waals surface area contributed by atoms with Crippen LogP contribution in [0, 0.1) is 11.8 Å². The number of rotatable bonds is 7. The molecule has 198 valence electrons. The molecular weight excluding hydrogens is 492 g/mol. The smallest absolute Gasteiger partial charge is 0.343 e. The molecule has 2 aromatic rings. The van der Waals surface area contributed by atoms with E-state index >= 15 is 0 Å². The molecule has 3 atom stereocenters. The van der Waals surface area contributed by atoms with Crippen LogP contribution in [0.15, 0.2) is 42.0 Å². The molecule has 1 heterocycles. The first-order chi connectivity index (χ1) is 18.3. The first-order valence-electron chi connectivity index (χ1n) is 12.4. The Morgan fingerprint density at radius 2 is 1.66 bits per heavy atom. The molecule has 2 bridgehead atoms. The molecule has 10 heteroatoms. The van der Waals surface area contributed by atoms with Gasteiger partial charge in [-0.15, -0.1) is 0 Å². The van der Waals surface area contributed by atoms with Gasteiger partial charge in [-0.25, -0.2) is 9.59 Å². The molecule has 1 saturated heterocycles. The first-order valence-corrected chi connectivity index (χ1v) is 12.4. The predicted octanol–water partition coefficient (Wildman–Crippen LogP) is 3.58. The summed E-state index contributed by atoms with van der Waals surface area (Å²) in [6.45, 7) is 0. The van der Waals surface area contributed by atoms with Crippen LogP contribution in [0.1, 0.15) is 41.6 Å². The molecule has 38 heavy (non-hydrogen) atoms. The SMILES string of the molecule is COc1cc(C(=O)Oc2ccccc2/C=C2/C(=O)NC(=O)N([C@H]3C[C@H]4CC[C@H]3C4)C2=O)cc(OC)c1OC.